The Labute approximate surface area is 129 Å². The minimum atomic E-state index is -0.245. The van der Waals surface area contributed by atoms with Crippen LogP contribution in [0.25, 0.3) is 23.1 Å². The summed E-state index contributed by atoms with van der Waals surface area (Å²) in [6.07, 6.45) is 5.77. The van der Waals surface area contributed by atoms with E-state index in [0.717, 1.165) is 27.7 Å². The van der Waals surface area contributed by atoms with Crippen LogP contribution in [0, 0.1) is 5.82 Å². The van der Waals surface area contributed by atoms with Crippen LogP contribution in [0.5, 0.6) is 0 Å². The Hall–Kier alpha value is -2.68. The summed E-state index contributed by atoms with van der Waals surface area (Å²) in [4.78, 5) is 6.33. The molecule has 110 valence electrons. The van der Waals surface area contributed by atoms with Crippen LogP contribution in [-0.2, 0) is 0 Å². The predicted molar refractivity (Wildman–Crippen MR) is 91.4 cm³/mol. The zero-order valence-corrected chi connectivity index (χ0v) is 12.6. The molecule has 2 nitrogen and oxygen atoms in total. The summed E-state index contributed by atoms with van der Waals surface area (Å²) >= 11 is 0. The van der Waals surface area contributed by atoms with Crippen molar-refractivity contribution in [3.8, 4) is 0 Å². The predicted octanol–water partition coefficient (Wildman–Crippen LogP) is 4.61. The highest BCUT2D eigenvalue weighted by Gasteiger charge is 2.01. The van der Waals surface area contributed by atoms with Crippen molar-refractivity contribution in [3.63, 3.8) is 0 Å². The summed E-state index contributed by atoms with van der Waals surface area (Å²) in [6.45, 7) is 0. The molecular weight excluding hydrogens is 275 g/mol. The van der Waals surface area contributed by atoms with Crippen LogP contribution in [0.15, 0.2) is 54.7 Å². The van der Waals surface area contributed by atoms with Crippen molar-refractivity contribution in [1.29, 1.82) is 0 Å². The van der Waals surface area contributed by atoms with E-state index in [4.69, 9.17) is 0 Å². The van der Waals surface area contributed by atoms with E-state index >= 15 is 0 Å². The molecule has 0 spiro atoms. The molecule has 3 heteroatoms. The molecule has 0 aliphatic carbocycles. The first-order valence-corrected chi connectivity index (χ1v) is 7.13. The van der Waals surface area contributed by atoms with Crippen LogP contribution in [0.3, 0.4) is 0 Å². The van der Waals surface area contributed by atoms with Gasteiger partial charge in [-0.3, -0.25) is 4.98 Å². The molecule has 22 heavy (non-hydrogen) atoms. The molecule has 2 aromatic carbocycles. The van der Waals surface area contributed by atoms with Crippen LogP contribution in [0.4, 0.5) is 10.1 Å². The molecule has 1 heterocycles. The number of halogens is 1. The van der Waals surface area contributed by atoms with Crippen LogP contribution in [-0.4, -0.2) is 19.1 Å². The Balaban J connectivity index is 1.93. The van der Waals surface area contributed by atoms with E-state index in [0.29, 0.717) is 0 Å². The van der Waals surface area contributed by atoms with E-state index in [9.17, 15) is 4.39 Å². The maximum atomic E-state index is 13.4. The number of pyridine rings is 1. The lowest BCUT2D eigenvalue weighted by Crippen LogP contribution is -2.07. The fourth-order valence-electron chi connectivity index (χ4n) is 2.35. The molecule has 1 aromatic heterocycles. The van der Waals surface area contributed by atoms with Gasteiger partial charge >= 0.3 is 0 Å². The number of anilines is 1. The Morgan fingerprint density at radius 1 is 0.955 bits per heavy atom. The molecule has 0 bridgehead atoms. The van der Waals surface area contributed by atoms with Gasteiger partial charge in [-0.05, 0) is 47.5 Å². The third-order valence-corrected chi connectivity index (χ3v) is 3.60. The molecule has 3 rings (SSSR count). The van der Waals surface area contributed by atoms with Gasteiger partial charge in [-0.1, -0.05) is 24.3 Å². The van der Waals surface area contributed by atoms with Gasteiger partial charge in [0.05, 0.1) is 5.52 Å². The highest BCUT2D eigenvalue weighted by atomic mass is 19.1. The molecule has 0 saturated heterocycles. The summed E-state index contributed by atoms with van der Waals surface area (Å²) in [5, 5.41) is 0.823. The standard InChI is InChI=1S/C19H17FN2/c1-22(2)17-8-4-14(5-9-17)3-6-15-11-12-21-19-10-7-16(20)13-18(15)19/h3-13H,1-2H3/b6-3+. The van der Waals surface area contributed by atoms with Crippen molar-refractivity contribution in [2.75, 3.05) is 19.0 Å². The topological polar surface area (TPSA) is 16.1 Å². The third kappa shape index (κ3) is 2.98. The molecule has 3 aromatic rings. The number of fused-ring (bicyclic) bond motifs is 1. The minimum Gasteiger partial charge on any atom is -0.378 e. The summed E-state index contributed by atoms with van der Waals surface area (Å²) < 4.78 is 13.4. The quantitative estimate of drug-likeness (QED) is 0.700. The molecule has 0 amide bonds. The Morgan fingerprint density at radius 3 is 2.45 bits per heavy atom. The van der Waals surface area contributed by atoms with Gasteiger partial charge in [0.1, 0.15) is 5.82 Å². The lowest BCUT2D eigenvalue weighted by molar-refractivity contribution is 0.629. The monoisotopic (exact) mass is 292 g/mol. The first-order chi connectivity index (χ1) is 10.6. The number of hydrogen-bond acceptors (Lipinski definition) is 2. The zero-order valence-electron chi connectivity index (χ0n) is 12.6. The van der Waals surface area contributed by atoms with Gasteiger partial charge in [0, 0.05) is 31.4 Å². The largest absolute Gasteiger partial charge is 0.378 e. The second-order valence-corrected chi connectivity index (χ2v) is 5.38. The van der Waals surface area contributed by atoms with Gasteiger partial charge in [-0.25, -0.2) is 4.39 Å². The van der Waals surface area contributed by atoms with Crippen molar-refractivity contribution in [3.05, 3.63) is 71.7 Å². The highest BCUT2D eigenvalue weighted by molar-refractivity contribution is 5.90. The summed E-state index contributed by atoms with van der Waals surface area (Å²) in [6, 6.07) is 14.8. The van der Waals surface area contributed by atoms with Crippen LogP contribution in [0.1, 0.15) is 11.1 Å². The first-order valence-electron chi connectivity index (χ1n) is 7.13. The lowest BCUT2D eigenvalue weighted by atomic mass is 10.1. The third-order valence-electron chi connectivity index (χ3n) is 3.60. The fourth-order valence-corrected chi connectivity index (χ4v) is 2.35. The van der Waals surface area contributed by atoms with Gasteiger partial charge in [-0.2, -0.15) is 0 Å². The summed E-state index contributed by atoms with van der Waals surface area (Å²) in [5.41, 5.74) is 4.02. The highest BCUT2D eigenvalue weighted by Crippen LogP contribution is 2.21. The normalized spacial score (nSPS) is 11.2. The van der Waals surface area contributed by atoms with Gasteiger partial charge in [0.15, 0.2) is 0 Å². The SMILES string of the molecule is CN(C)c1ccc(/C=C/c2ccnc3ccc(F)cc23)cc1. The first kappa shape index (κ1) is 14.3. The van der Waals surface area contributed by atoms with Crippen LogP contribution < -0.4 is 4.90 Å². The van der Waals surface area contributed by atoms with Crippen molar-refractivity contribution in [2.24, 2.45) is 0 Å². The molecule has 0 radical (unpaired) electrons. The van der Waals surface area contributed by atoms with Crippen molar-refractivity contribution in [1.82, 2.24) is 4.98 Å². The maximum Gasteiger partial charge on any atom is 0.123 e. The van der Waals surface area contributed by atoms with Gasteiger partial charge in [-0.15, -0.1) is 0 Å². The second-order valence-electron chi connectivity index (χ2n) is 5.38. The zero-order chi connectivity index (χ0) is 15.5. The van der Waals surface area contributed by atoms with E-state index in [1.54, 1.807) is 12.3 Å². The summed E-state index contributed by atoms with van der Waals surface area (Å²) in [7, 11) is 4.03. The molecule has 0 atom stereocenters. The number of aromatic nitrogens is 1. The van der Waals surface area contributed by atoms with Crippen molar-refractivity contribution < 1.29 is 4.39 Å². The smallest absolute Gasteiger partial charge is 0.123 e. The second kappa shape index (κ2) is 5.98. The molecule has 0 saturated carbocycles. The van der Waals surface area contributed by atoms with E-state index in [1.807, 2.05) is 32.3 Å². The molecule has 0 N–H and O–H groups in total. The fraction of sp³-hybridized carbons (Fsp3) is 0.105. The van der Waals surface area contributed by atoms with Crippen molar-refractivity contribution in [2.45, 2.75) is 0 Å². The van der Waals surface area contributed by atoms with E-state index < -0.39 is 0 Å². The molecular formula is C19H17FN2. The van der Waals surface area contributed by atoms with E-state index in [-0.39, 0.29) is 5.82 Å². The Kier molecular flexibility index (Phi) is 3.88. The van der Waals surface area contributed by atoms with Gasteiger partial charge in [0.25, 0.3) is 0 Å². The Bertz CT molecular complexity index is 820. The lowest BCUT2D eigenvalue weighted by Gasteiger charge is -2.11. The van der Waals surface area contributed by atoms with Crippen LogP contribution >= 0.6 is 0 Å². The van der Waals surface area contributed by atoms with E-state index in [1.165, 1.54) is 12.1 Å². The maximum absolute atomic E-state index is 13.4. The minimum absolute atomic E-state index is 0.245. The number of rotatable bonds is 3. The molecule has 0 aliphatic rings. The number of nitrogens with zero attached hydrogens (tertiary/aromatic N) is 2. The molecule has 0 fully saturated rings. The van der Waals surface area contributed by atoms with Crippen molar-refractivity contribution >= 4 is 28.7 Å². The van der Waals surface area contributed by atoms with Gasteiger partial charge < -0.3 is 4.90 Å². The summed E-state index contributed by atoms with van der Waals surface area (Å²) in [5.74, 6) is -0.245. The molecule has 0 unspecified atom stereocenters. The van der Waals surface area contributed by atoms with Crippen LogP contribution in [0.2, 0.25) is 0 Å². The average Bonchev–Trinajstić information content (AvgIpc) is 2.53. The van der Waals surface area contributed by atoms with E-state index in [2.05, 4.69) is 34.1 Å². The number of hydrogen-bond donors (Lipinski definition) is 0. The molecule has 0 aliphatic heterocycles. The Morgan fingerprint density at radius 2 is 1.73 bits per heavy atom. The van der Waals surface area contributed by atoms with Gasteiger partial charge in [0.2, 0.25) is 0 Å². The number of benzene rings is 2. The average molecular weight is 292 g/mol.